The first-order valence-corrected chi connectivity index (χ1v) is 6.01. The largest absolute Gasteiger partial charge is 0.469 e. The van der Waals surface area contributed by atoms with Crippen molar-refractivity contribution < 1.29 is 14.6 Å². The first-order chi connectivity index (χ1) is 8.13. The van der Waals surface area contributed by atoms with Gasteiger partial charge in [-0.3, -0.25) is 4.79 Å². The molecule has 0 heterocycles. The summed E-state index contributed by atoms with van der Waals surface area (Å²) in [4.78, 5) is 10.9. The van der Waals surface area contributed by atoms with Crippen LogP contribution in [-0.2, 0) is 9.53 Å². The topological polar surface area (TPSA) is 46.5 Å². The Morgan fingerprint density at radius 1 is 1.47 bits per heavy atom. The minimum atomic E-state index is -0.522. The standard InChI is InChI=1S/C13H17ClO3/c1-17-13(16)8-3-2-7-12(15)10-5-4-6-11(14)9-10/h4-6,9,12,15H,2-3,7-8H2,1H3. The Morgan fingerprint density at radius 2 is 2.24 bits per heavy atom. The van der Waals surface area contributed by atoms with Crippen LogP contribution in [0.3, 0.4) is 0 Å². The van der Waals surface area contributed by atoms with Crippen molar-refractivity contribution >= 4 is 17.6 Å². The lowest BCUT2D eigenvalue weighted by molar-refractivity contribution is -0.140. The summed E-state index contributed by atoms with van der Waals surface area (Å²) in [5.41, 5.74) is 0.815. The predicted molar refractivity (Wildman–Crippen MR) is 66.9 cm³/mol. The minimum absolute atomic E-state index is 0.206. The molecule has 0 aliphatic heterocycles. The van der Waals surface area contributed by atoms with Gasteiger partial charge in [0.2, 0.25) is 0 Å². The molecule has 1 aromatic carbocycles. The molecule has 0 aliphatic rings. The smallest absolute Gasteiger partial charge is 0.305 e. The van der Waals surface area contributed by atoms with Crippen LogP contribution in [0.5, 0.6) is 0 Å². The van der Waals surface area contributed by atoms with Crippen molar-refractivity contribution in [2.75, 3.05) is 7.11 Å². The number of unbranched alkanes of at least 4 members (excludes halogenated alkanes) is 1. The Balaban J connectivity index is 2.30. The first kappa shape index (κ1) is 14.0. The number of aliphatic hydroxyl groups excluding tert-OH is 1. The summed E-state index contributed by atoms with van der Waals surface area (Å²) in [5.74, 6) is -0.206. The molecule has 0 aliphatic carbocycles. The number of carbonyl (C=O) groups is 1. The van der Waals surface area contributed by atoms with Crippen LogP contribution in [-0.4, -0.2) is 18.2 Å². The number of rotatable bonds is 6. The highest BCUT2D eigenvalue weighted by Gasteiger charge is 2.08. The fourth-order valence-electron chi connectivity index (χ4n) is 1.59. The Hall–Kier alpha value is -1.06. The second-order valence-corrected chi connectivity index (χ2v) is 4.33. The van der Waals surface area contributed by atoms with Gasteiger partial charge in [-0.25, -0.2) is 0 Å². The summed E-state index contributed by atoms with van der Waals surface area (Å²) in [6.07, 6.45) is 2.01. The van der Waals surface area contributed by atoms with Gasteiger partial charge < -0.3 is 9.84 Å². The van der Waals surface area contributed by atoms with Crippen LogP contribution in [0.4, 0.5) is 0 Å². The zero-order valence-electron chi connectivity index (χ0n) is 9.86. The molecule has 0 amide bonds. The molecule has 1 rings (SSSR count). The molecule has 0 bridgehead atoms. The quantitative estimate of drug-likeness (QED) is 0.628. The summed E-state index contributed by atoms with van der Waals surface area (Å²) in [6.45, 7) is 0. The second-order valence-electron chi connectivity index (χ2n) is 3.89. The van der Waals surface area contributed by atoms with E-state index in [1.165, 1.54) is 7.11 Å². The maximum Gasteiger partial charge on any atom is 0.305 e. The third kappa shape index (κ3) is 5.20. The Labute approximate surface area is 106 Å². The summed E-state index contributed by atoms with van der Waals surface area (Å²) in [6, 6.07) is 7.19. The molecule has 4 heteroatoms. The molecule has 1 atom stereocenters. The fraction of sp³-hybridized carbons (Fsp3) is 0.462. The van der Waals surface area contributed by atoms with E-state index in [1.807, 2.05) is 12.1 Å². The molecule has 0 aromatic heterocycles. The van der Waals surface area contributed by atoms with Crippen molar-refractivity contribution in [3.63, 3.8) is 0 Å². The van der Waals surface area contributed by atoms with Crippen molar-refractivity contribution in [2.45, 2.75) is 31.8 Å². The van der Waals surface area contributed by atoms with Crippen LogP contribution in [0.25, 0.3) is 0 Å². The summed E-state index contributed by atoms with van der Waals surface area (Å²) in [7, 11) is 1.38. The lowest BCUT2D eigenvalue weighted by Crippen LogP contribution is -2.01. The van der Waals surface area contributed by atoms with Gasteiger partial charge in [-0.05, 0) is 37.0 Å². The number of halogens is 1. The lowest BCUT2D eigenvalue weighted by atomic mass is 10.0. The van der Waals surface area contributed by atoms with E-state index < -0.39 is 6.10 Å². The summed E-state index contributed by atoms with van der Waals surface area (Å²) >= 11 is 5.84. The van der Waals surface area contributed by atoms with Crippen LogP contribution in [0.2, 0.25) is 5.02 Å². The minimum Gasteiger partial charge on any atom is -0.469 e. The van der Waals surface area contributed by atoms with Crippen LogP contribution >= 0.6 is 11.6 Å². The van der Waals surface area contributed by atoms with E-state index >= 15 is 0 Å². The molecular weight excluding hydrogens is 240 g/mol. The summed E-state index contributed by atoms with van der Waals surface area (Å²) < 4.78 is 4.54. The highest BCUT2D eigenvalue weighted by molar-refractivity contribution is 6.30. The van der Waals surface area contributed by atoms with Gasteiger partial charge >= 0.3 is 5.97 Å². The molecular formula is C13H17ClO3. The van der Waals surface area contributed by atoms with Crippen molar-refractivity contribution in [3.8, 4) is 0 Å². The number of carbonyl (C=O) groups excluding carboxylic acids is 1. The number of ether oxygens (including phenoxy) is 1. The zero-order valence-corrected chi connectivity index (χ0v) is 10.6. The van der Waals surface area contributed by atoms with Crippen LogP contribution < -0.4 is 0 Å². The lowest BCUT2D eigenvalue weighted by Gasteiger charge is -2.10. The van der Waals surface area contributed by atoms with Crippen molar-refractivity contribution in [3.05, 3.63) is 34.9 Å². The maximum absolute atomic E-state index is 10.9. The highest BCUT2D eigenvalue weighted by Crippen LogP contribution is 2.22. The van der Waals surface area contributed by atoms with Crippen LogP contribution in [0.1, 0.15) is 37.4 Å². The Bertz CT molecular complexity index is 365. The van der Waals surface area contributed by atoms with E-state index in [0.29, 0.717) is 17.9 Å². The van der Waals surface area contributed by atoms with Gasteiger partial charge in [-0.2, -0.15) is 0 Å². The maximum atomic E-state index is 10.9. The van der Waals surface area contributed by atoms with E-state index in [9.17, 15) is 9.90 Å². The Kier molecular flexibility index (Phi) is 6.01. The molecule has 1 unspecified atom stereocenters. The van der Waals surface area contributed by atoms with E-state index in [2.05, 4.69) is 4.74 Å². The van der Waals surface area contributed by atoms with Gasteiger partial charge in [-0.1, -0.05) is 23.7 Å². The van der Waals surface area contributed by atoms with Crippen molar-refractivity contribution in [2.24, 2.45) is 0 Å². The summed E-state index contributed by atoms with van der Waals surface area (Å²) in [5, 5.41) is 10.5. The molecule has 1 N–H and O–H groups in total. The average molecular weight is 257 g/mol. The number of hydrogen-bond donors (Lipinski definition) is 1. The molecule has 3 nitrogen and oxygen atoms in total. The van der Waals surface area contributed by atoms with Gasteiger partial charge in [0.05, 0.1) is 13.2 Å². The Morgan fingerprint density at radius 3 is 2.88 bits per heavy atom. The van der Waals surface area contributed by atoms with E-state index in [0.717, 1.165) is 18.4 Å². The zero-order chi connectivity index (χ0) is 12.7. The number of methoxy groups -OCH3 is 1. The molecule has 0 saturated heterocycles. The van der Waals surface area contributed by atoms with Crippen LogP contribution in [0.15, 0.2) is 24.3 Å². The molecule has 94 valence electrons. The highest BCUT2D eigenvalue weighted by atomic mass is 35.5. The molecule has 0 radical (unpaired) electrons. The number of esters is 1. The van der Waals surface area contributed by atoms with Crippen molar-refractivity contribution in [1.82, 2.24) is 0 Å². The molecule has 17 heavy (non-hydrogen) atoms. The van der Waals surface area contributed by atoms with E-state index in [4.69, 9.17) is 11.6 Å². The van der Waals surface area contributed by atoms with E-state index in [1.54, 1.807) is 12.1 Å². The van der Waals surface area contributed by atoms with E-state index in [-0.39, 0.29) is 5.97 Å². The van der Waals surface area contributed by atoms with Gasteiger partial charge in [0.15, 0.2) is 0 Å². The normalized spacial score (nSPS) is 12.2. The SMILES string of the molecule is COC(=O)CCCCC(O)c1cccc(Cl)c1. The average Bonchev–Trinajstić information content (AvgIpc) is 2.34. The third-order valence-corrected chi connectivity index (χ3v) is 2.80. The van der Waals surface area contributed by atoms with Crippen LogP contribution in [0, 0.1) is 0 Å². The fourth-order valence-corrected chi connectivity index (χ4v) is 1.79. The monoisotopic (exact) mass is 256 g/mol. The van der Waals surface area contributed by atoms with Crippen molar-refractivity contribution in [1.29, 1.82) is 0 Å². The number of hydrogen-bond acceptors (Lipinski definition) is 3. The number of benzene rings is 1. The van der Waals surface area contributed by atoms with Gasteiger partial charge in [0, 0.05) is 11.4 Å². The third-order valence-electron chi connectivity index (χ3n) is 2.57. The molecule has 0 saturated carbocycles. The first-order valence-electron chi connectivity index (χ1n) is 5.64. The van der Waals surface area contributed by atoms with Gasteiger partial charge in [-0.15, -0.1) is 0 Å². The molecule has 0 spiro atoms. The molecule has 0 fully saturated rings. The second kappa shape index (κ2) is 7.30. The number of aliphatic hydroxyl groups is 1. The van der Waals surface area contributed by atoms with Gasteiger partial charge in [0.1, 0.15) is 0 Å². The van der Waals surface area contributed by atoms with Gasteiger partial charge in [0.25, 0.3) is 0 Å². The molecule has 1 aromatic rings. The predicted octanol–water partition coefficient (Wildman–Crippen LogP) is 3.11.